The molecule has 1 aromatic heterocycles. The summed E-state index contributed by atoms with van der Waals surface area (Å²) in [7, 11) is 0. The average molecular weight is 328 g/mol. The van der Waals surface area contributed by atoms with Crippen LogP contribution in [0.3, 0.4) is 0 Å². The largest absolute Gasteiger partial charge is 0.481 e. The van der Waals surface area contributed by atoms with E-state index in [1.54, 1.807) is 27.7 Å². The summed E-state index contributed by atoms with van der Waals surface area (Å²) in [6.45, 7) is 8.95. The van der Waals surface area contributed by atoms with Crippen molar-refractivity contribution in [1.82, 2.24) is 10.3 Å². The molecule has 0 aliphatic heterocycles. The lowest BCUT2D eigenvalue weighted by Gasteiger charge is -2.28. The molecule has 1 atom stereocenters. The van der Waals surface area contributed by atoms with Gasteiger partial charge in [0.25, 0.3) is 0 Å². The van der Waals surface area contributed by atoms with Crippen molar-refractivity contribution in [2.75, 3.05) is 6.54 Å². The summed E-state index contributed by atoms with van der Waals surface area (Å²) in [6, 6.07) is 0. The Hall–Kier alpha value is -1.63. The van der Waals surface area contributed by atoms with E-state index in [2.05, 4.69) is 10.3 Å². The lowest BCUT2D eigenvalue weighted by atomic mass is 9.80. The Balaban J connectivity index is 2.80. The number of amides is 1. The normalized spacial score (nSPS) is 14.2. The van der Waals surface area contributed by atoms with Gasteiger partial charge < -0.3 is 15.2 Å². The number of carbonyl (C=O) groups is 2. The maximum atomic E-state index is 11.8. The number of ether oxygens (including phenoxy) is 1. The molecule has 1 rings (SSSR count). The SMILES string of the molecule is CCC(CNC(=O)OC(C)(C)C)(Cc1csc(C)n1)C(=O)O. The molecule has 0 aromatic carbocycles. The van der Waals surface area contributed by atoms with Gasteiger partial charge in [-0.1, -0.05) is 6.92 Å². The molecule has 0 spiro atoms. The van der Waals surface area contributed by atoms with E-state index in [0.717, 1.165) is 10.7 Å². The van der Waals surface area contributed by atoms with Crippen molar-refractivity contribution in [3.63, 3.8) is 0 Å². The zero-order valence-electron chi connectivity index (χ0n) is 13.7. The van der Waals surface area contributed by atoms with Gasteiger partial charge in [0.05, 0.1) is 16.1 Å². The number of nitrogens with zero attached hydrogens (tertiary/aromatic N) is 1. The molecule has 0 saturated heterocycles. The van der Waals surface area contributed by atoms with Crippen LogP contribution in [0.15, 0.2) is 5.38 Å². The number of carboxylic acids is 1. The summed E-state index contributed by atoms with van der Waals surface area (Å²) in [6.07, 6.45) is 0.0502. The topological polar surface area (TPSA) is 88.5 Å². The summed E-state index contributed by atoms with van der Waals surface area (Å²) in [5.41, 5.74) is -0.969. The third-order valence-electron chi connectivity index (χ3n) is 3.29. The summed E-state index contributed by atoms with van der Waals surface area (Å²) in [5.74, 6) is -0.947. The Morgan fingerprint density at radius 1 is 1.41 bits per heavy atom. The Kier molecular flexibility index (Phi) is 5.93. The van der Waals surface area contributed by atoms with Crippen LogP contribution in [0.5, 0.6) is 0 Å². The second kappa shape index (κ2) is 7.09. The maximum Gasteiger partial charge on any atom is 0.407 e. The van der Waals surface area contributed by atoms with Gasteiger partial charge in [-0.05, 0) is 34.1 Å². The molecule has 0 aliphatic rings. The van der Waals surface area contributed by atoms with Crippen LogP contribution in [0.4, 0.5) is 4.79 Å². The first kappa shape index (κ1) is 18.4. The molecule has 1 amide bonds. The molecule has 1 unspecified atom stereocenters. The number of nitrogens with one attached hydrogen (secondary N) is 1. The number of alkyl carbamates (subject to hydrolysis) is 1. The molecule has 7 heteroatoms. The van der Waals surface area contributed by atoms with Gasteiger partial charge in [0, 0.05) is 18.3 Å². The minimum atomic E-state index is -1.09. The molecule has 0 aliphatic carbocycles. The standard InChI is InChI=1S/C15H24N2O4S/c1-6-15(12(18)19,7-11-8-22-10(2)17-11)9-16-13(20)21-14(3,4)5/h8H,6-7,9H2,1-5H3,(H,16,20)(H,18,19). The number of hydrogen-bond acceptors (Lipinski definition) is 5. The molecular formula is C15H24N2O4S. The van der Waals surface area contributed by atoms with Crippen LogP contribution in [0.1, 0.15) is 44.8 Å². The van der Waals surface area contributed by atoms with Gasteiger partial charge in [-0.3, -0.25) is 4.79 Å². The fourth-order valence-electron chi connectivity index (χ4n) is 2.01. The van der Waals surface area contributed by atoms with Crippen molar-refractivity contribution < 1.29 is 19.4 Å². The van der Waals surface area contributed by atoms with E-state index in [-0.39, 0.29) is 13.0 Å². The second-order valence-corrected chi connectivity index (χ2v) is 7.39. The van der Waals surface area contributed by atoms with Crippen LogP contribution in [0, 0.1) is 12.3 Å². The van der Waals surface area contributed by atoms with Crippen LogP contribution < -0.4 is 5.32 Å². The molecule has 0 saturated carbocycles. The van der Waals surface area contributed by atoms with Gasteiger partial charge in [-0.15, -0.1) is 11.3 Å². The van der Waals surface area contributed by atoms with Crippen molar-refractivity contribution in [3.05, 3.63) is 16.1 Å². The molecule has 0 fully saturated rings. The maximum absolute atomic E-state index is 11.8. The Morgan fingerprint density at radius 2 is 2.05 bits per heavy atom. The van der Waals surface area contributed by atoms with Crippen LogP contribution in [-0.2, 0) is 16.0 Å². The molecule has 22 heavy (non-hydrogen) atoms. The fraction of sp³-hybridized carbons (Fsp3) is 0.667. The van der Waals surface area contributed by atoms with Gasteiger partial charge in [-0.2, -0.15) is 0 Å². The number of rotatable bonds is 6. The summed E-state index contributed by atoms with van der Waals surface area (Å²) >= 11 is 1.48. The predicted octanol–water partition coefficient (Wildman–Crippen LogP) is 3.00. The van der Waals surface area contributed by atoms with E-state index >= 15 is 0 Å². The van der Waals surface area contributed by atoms with E-state index < -0.39 is 23.1 Å². The van der Waals surface area contributed by atoms with Gasteiger partial charge in [0.2, 0.25) is 0 Å². The third kappa shape index (κ3) is 5.29. The van der Waals surface area contributed by atoms with Gasteiger partial charge in [-0.25, -0.2) is 9.78 Å². The van der Waals surface area contributed by atoms with Crippen molar-refractivity contribution in [1.29, 1.82) is 0 Å². The van der Waals surface area contributed by atoms with Crippen LogP contribution in [0.25, 0.3) is 0 Å². The molecule has 0 bridgehead atoms. The highest BCUT2D eigenvalue weighted by molar-refractivity contribution is 7.09. The molecule has 124 valence electrons. The molecule has 0 radical (unpaired) electrons. The molecular weight excluding hydrogens is 304 g/mol. The average Bonchev–Trinajstić information content (AvgIpc) is 2.77. The van der Waals surface area contributed by atoms with E-state index in [4.69, 9.17) is 4.74 Å². The summed E-state index contributed by atoms with van der Waals surface area (Å²) in [5, 5.41) is 14.9. The minimum Gasteiger partial charge on any atom is -0.481 e. The number of aryl methyl sites for hydroxylation is 1. The monoisotopic (exact) mass is 328 g/mol. The summed E-state index contributed by atoms with van der Waals surface area (Å²) < 4.78 is 5.16. The van der Waals surface area contributed by atoms with Crippen LogP contribution >= 0.6 is 11.3 Å². The first-order valence-electron chi connectivity index (χ1n) is 7.19. The highest BCUT2D eigenvalue weighted by Crippen LogP contribution is 2.28. The highest BCUT2D eigenvalue weighted by Gasteiger charge is 2.38. The number of carbonyl (C=O) groups excluding carboxylic acids is 1. The Labute approximate surface area is 134 Å². The van der Waals surface area contributed by atoms with E-state index in [0.29, 0.717) is 6.42 Å². The second-order valence-electron chi connectivity index (χ2n) is 6.33. The smallest absolute Gasteiger partial charge is 0.407 e. The first-order valence-corrected chi connectivity index (χ1v) is 8.07. The van der Waals surface area contributed by atoms with Gasteiger partial charge >= 0.3 is 12.1 Å². The molecule has 6 nitrogen and oxygen atoms in total. The van der Waals surface area contributed by atoms with Gasteiger partial charge in [0.1, 0.15) is 5.60 Å². The molecule has 1 heterocycles. The zero-order valence-corrected chi connectivity index (χ0v) is 14.5. The third-order valence-corrected chi connectivity index (χ3v) is 4.11. The predicted molar refractivity (Wildman–Crippen MR) is 85.2 cm³/mol. The van der Waals surface area contributed by atoms with Crippen molar-refractivity contribution in [3.8, 4) is 0 Å². The van der Waals surface area contributed by atoms with Crippen LogP contribution in [0.2, 0.25) is 0 Å². The lowest BCUT2D eigenvalue weighted by Crippen LogP contribution is -2.45. The number of carboxylic acid groups (broad SMARTS) is 1. The van der Waals surface area contributed by atoms with Crippen molar-refractivity contribution in [2.24, 2.45) is 5.41 Å². The molecule has 2 N–H and O–H groups in total. The number of hydrogen-bond donors (Lipinski definition) is 2. The summed E-state index contributed by atoms with van der Waals surface area (Å²) in [4.78, 5) is 27.8. The number of thiazole rings is 1. The van der Waals surface area contributed by atoms with Crippen molar-refractivity contribution in [2.45, 2.75) is 53.1 Å². The number of aromatic nitrogens is 1. The Morgan fingerprint density at radius 3 is 2.45 bits per heavy atom. The zero-order chi connectivity index (χ0) is 17.0. The highest BCUT2D eigenvalue weighted by atomic mass is 32.1. The Bertz CT molecular complexity index is 536. The lowest BCUT2D eigenvalue weighted by molar-refractivity contribution is -0.148. The van der Waals surface area contributed by atoms with E-state index in [9.17, 15) is 14.7 Å². The van der Waals surface area contributed by atoms with Crippen molar-refractivity contribution >= 4 is 23.4 Å². The van der Waals surface area contributed by atoms with Crippen LogP contribution in [-0.4, -0.2) is 34.3 Å². The quantitative estimate of drug-likeness (QED) is 0.838. The molecule has 1 aromatic rings. The van der Waals surface area contributed by atoms with Gasteiger partial charge in [0.15, 0.2) is 0 Å². The van der Waals surface area contributed by atoms with E-state index in [1.165, 1.54) is 11.3 Å². The fourth-order valence-corrected chi connectivity index (χ4v) is 2.62. The number of aliphatic carboxylic acids is 1. The van der Waals surface area contributed by atoms with E-state index in [1.807, 2.05) is 12.3 Å². The minimum absolute atomic E-state index is 0.00429. The first-order chi connectivity index (χ1) is 10.1.